The van der Waals surface area contributed by atoms with Gasteiger partial charge in [-0.15, -0.1) is 35.0 Å². The van der Waals surface area contributed by atoms with Gasteiger partial charge in [0.05, 0.1) is 0 Å². The van der Waals surface area contributed by atoms with Crippen LogP contribution in [0.25, 0.3) is 10.8 Å². The minimum atomic E-state index is -1.11. The van der Waals surface area contributed by atoms with Crippen molar-refractivity contribution >= 4 is 63.4 Å². The van der Waals surface area contributed by atoms with Gasteiger partial charge in [0.15, 0.2) is 0 Å². The number of benzene rings is 1. The van der Waals surface area contributed by atoms with Gasteiger partial charge in [0.2, 0.25) is 0 Å². The predicted molar refractivity (Wildman–Crippen MR) is 74.0 cm³/mol. The molecule has 0 fully saturated rings. The molecule has 0 spiro atoms. The third kappa shape index (κ3) is 5.11. The number of rotatable bonds is 0. The third-order valence-electron chi connectivity index (χ3n) is 1.58. The fraction of sp³-hybridized carbons (Fsp3) is 0. The van der Waals surface area contributed by atoms with Crippen molar-refractivity contribution in [1.82, 2.24) is 0 Å². The first-order valence-electron chi connectivity index (χ1n) is 3.74. The van der Waals surface area contributed by atoms with E-state index in [2.05, 4.69) is 89.0 Å². The van der Waals surface area contributed by atoms with Crippen molar-refractivity contribution in [3.05, 3.63) is 40.9 Å². The molecule has 0 bridgehead atoms. The molecule has 0 N–H and O–H groups in total. The van der Waals surface area contributed by atoms with Gasteiger partial charge in [-0.3, -0.25) is 0 Å². The second kappa shape index (κ2) is 7.06. The third-order valence-corrected chi connectivity index (χ3v) is 2.04. The summed E-state index contributed by atoms with van der Waals surface area (Å²) in [5.41, 5.74) is 0. The summed E-state index contributed by atoms with van der Waals surface area (Å²) in [6.45, 7) is 0. The summed E-state index contributed by atoms with van der Waals surface area (Å²) in [6.07, 6.45) is 0. The molecular formula is C9H6Br4Zr-. The Morgan fingerprint density at radius 2 is 1.64 bits per heavy atom. The number of hydrogen-bond acceptors (Lipinski definition) is 0. The normalized spacial score (nSPS) is 9.43. The van der Waals surface area contributed by atoms with E-state index in [0.29, 0.717) is 0 Å². The molecule has 0 atom stereocenters. The summed E-state index contributed by atoms with van der Waals surface area (Å²) >= 11 is 12.2. The van der Waals surface area contributed by atoms with Gasteiger partial charge in [0, 0.05) is 0 Å². The van der Waals surface area contributed by atoms with E-state index in [1.165, 1.54) is 10.8 Å². The molecular weight excluding hydrogens is 519 g/mol. The molecule has 0 aliphatic carbocycles. The Morgan fingerprint density at radius 1 is 1.07 bits per heavy atom. The van der Waals surface area contributed by atoms with E-state index < -0.39 is 14.7 Å². The van der Waals surface area contributed by atoms with Crippen molar-refractivity contribution in [1.29, 1.82) is 0 Å². The van der Waals surface area contributed by atoms with E-state index in [0.717, 1.165) is 4.47 Å². The average Bonchev–Trinajstić information content (AvgIpc) is 2.42. The number of halogens is 4. The Labute approximate surface area is 117 Å². The zero-order valence-electron chi connectivity index (χ0n) is 6.98. The molecule has 14 heavy (non-hydrogen) atoms. The Bertz CT molecular complexity index is 361. The molecule has 5 heteroatoms. The quantitative estimate of drug-likeness (QED) is 0.379. The maximum atomic E-state index is 3.42. The van der Waals surface area contributed by atoms with Crippen molar-refractivity contribution < 1.29 is 14.7 Å². The summed E-state index contributed by atoms with van der Waals surface area (Å²) in [4.78, 5) is 0. The van der Waals surface area contributed by atoms with E-state index in [9.17, 15) is 0 Å². The Hall–Kier alpha value is 1.63. The van der Waals surface area contributed by atoms with Crippen LogP contribution in [0.2, 0.25) is 0 Å². The summed E-state index contributed by atoms with van der Waals surface area (Å²) < 4.78 is 1.16. The molecule has 0 saturated heterocycles. The minimum absolute atomic E-state index is 1.11. The van der Waals surface area contributed by atoms with E-state index in [1.54, 1.807) is 0 Å². The second-order valence-corrected chi connectivity index (χ2v) is 37.4. The van der Waals surface area contributed by atoms with Gasteiger partial charge in [-0.25, -0.2) is 0 Å². The molecule has 0 amide bonds. The van der Waals surface area contributed by atoms with E-state index in [1.807, 2.05) is 0 Å². The van der Waals surface area contributed by atoms with Crippen LogP contribution in [0.3, 0.4) is 0 Å². The van der Waals surface area contributed by atoms with Crippen molar-refractivity contribution in [2.75, 3.05) is 0 Å². The van der Waals surface area contributed by atoms with Crippen LogP contribution < -0.4 is 0 Å². The van der Waals surface area contributed by atoms with Crippen molar-refractivity contribution in [3.63, 3.8) is 0 Å². The standard InChI is InChI=1S/C9H6Br.3BrH.Zr/c10-9-5-7-3-1-2-4-8(7)6-9;;;;/h1-6H;3*1H;/q-1;;;;+3/p-3. The molecule has 0 heterocycles. The van der Waals surface area contributed by atoms with Crippen LogP contribution in [-0.2, 0) is 14.7 Å². The van der Waals surface area contributed by atoms with Gasteiger partial charge in [-0.05, 0) is 0 Å². The molecule has 2 rings (SSSR count). The molecule has 0 unspecified atom stereocenters. The summed E-state index contributed by atoms with van der Waals surface area (Å²) in [6, 6.07) is 12.6. The zero-order valence-corrected chi connectivity index (χ0v) is 15.8. The molecule has 0 radical (unpaired) electrons. The first-order chi connectivity index (χ1) is 6.59. The summed E-state index contributed by atoms with van der Waals surface area (Å²) in [5.74, 6) is 0. The van der Waals surface area contributed by atoms with Crippen LogP contribution in [0.1, 0.15) is 0 Å². The van der Waals surface area contributed by atoms with Gasteiger partial charge in [0.1, 0.15) is 0 Å². The van der Waals surface area contributed by atoms with Crippen molar-refractivity contribution in [2.45, 2.75) is 0 Å². The van der Waals surface area contributed by atoms with Gasteiger partial charge in [-0.1, -0.05) is 26.5 Å². The van der Waals surface area contributed by atoms with Crippen LogP contribution in [0.4, 0.5) is 0 Å². The number of hydrogen-bond donors (Lipinski definition) is 0. The Balaban J connectivity index is 0.000000213. The SMILES string of the molecule is Brc1cc2ccccc2[cH-]1.[Br][Zr]([Br])[Br]. The Kier molecular flexibility index (Phi) is 6.90. The van der Waals surface area contributed by atoms with Crippen LogP contribution in [-0.4, -0.2) is 0 Å². The zero-order chi connectivity index (χ0) is 10.6. The van der Waals surface area contributed by atoms with Crippen LogP contribution in [0.5, 0.6) is 0 Å². The van der Waals surface area contributed by atoms with Gasteiger partial charge in [0.25, 0.3) is 0 Å². The fourth-order valence-electron chi connectivity index (χ4n) is 1.11. The summed E-state index contributed by atoms with van der Waals surface area (Å²) in [7, 11) is 0. The molecule has 0 saturated carbocycles. The van der Waals surface area contributed by atoms with E-state index >= 15 is 0 Å². The molecule has 75 valence electrons. The maximum absolute atomic E-state index is 3.42. The molecule has 2 aromatic carbocycles. The van der Waals surface area contributed by atoms with Gasteiger partial charge >= 0.3 is 51.4 Å². The van der Waals surface area contributed by atoms with Crippen molar-refractivity contribution in [2.24, 2.45) is 0 Å². The van der Waals surface area contributed by atoms with E-state index in [-0.39, 0.29) is 0 Å². The topological polar surface area (TPSA) is 0 Å². The first-order valence-corrected chi connectivity index (χ1v) is 21.4. The van der Waals surface area contributed by atoms with E-state index in [4.69, 9.17) is 0 Å². The monoisotopic (exact) mass is 520 g/mol. The number of fused-ring (bicyclic) bond motifs is 1. The molecule has 0 nitrogen and oxygen atoms in total. The second-order valence-electron chi connectivity index (χ2n) is 2.52. The molecule has 0 aromatic heterocycles. The molecule has 0 aliphatic rings. The van der Waals surface area contributed by atoms with Gasteiger partial charge in [-0.2, -0.15) is 6.07 Å². The van der Waals surface area contributed by atoms with Crippen molar-refractivity contribution in [3.8, 4) is 0 Å². The molecule has 0 aliphatic heterocycles. The van der Waals surface area contributed by atoms with Gasteiger partial charge < -0.3 is 0 Å². The average molecular weight is 525 g/mol. The van der Waals surface area contributed by atoms with Crippen LogP contribution >= 0.6 is 52.6 Å². The van der Waals surface area contributed by atoms with Crippen LogP contribution in [0, 0.1) is 0 Å². The van der Waals surface area contributed by atoms with Crippen LogP contribution in [0.15, 0.2) is 40.9 Å². The Morgan fingerprint density at radius 3 is 2.21 bits per heavy atom. The summed E-state index contributed by atoms with van der Waals surface area (Å²) in [5, 5.41) is 2.60. The fourth-order valence-corrected chi connectivity index (χ4v) is 1.61. The predicted octanol–water partition coefficient (Wildman–Crippen LogP) is 5.86. The first kappa shape index (κ1) is 13.7. The molecule has 2 aromatic rings.